The molecule has 0 unspecified atom stereocenters. The molecular weight excluding hydrogens is 334 g/mol. The van der Waals surface area contributed by atoms with Crippen molar-refractivity contribution in [3.05, 3.63) is 41.9 Å². The maximum atomic E-state index is 12.0. The minimum absolute atomic E-state index is 0.132. The number of amides is 1. The zero-order valence-corrected chi connectivity index (χ0v) is 14.1. The minimum atomic E-state index is -3.51. The van der Waals surface area contributed by atoms with Crippen molar-refractivity contribution >= 4 is 33.1 Å². The van der Waals surface area contributed by atoms with Crippen LogP contribution in [-0.4, -0.2) is 37.7 Å². The lowest BCUT2D eigenvalue weighted by Gasteiger charge is -2.14. The van der Waals surface area contributed by atoms with E-state index in [1.54, 1.807) is 25.1 Å². The van der Waals surface area contributed by atoms with Crippen molar-refractivity contribution in [1.82, 2.24) is 15.4 Å². The molecule has 0 radical (unpaired) electrons. The van der Waals surface area contributed by atoms with E-state index in [4.69, 9.17) is 0 Å². The van der Waals surface area contributed by atoms with E-state index in [1.807, 2.05) is 0 Å². The summed E-state index contributed by atoms with van der Waals surface area (Å²) in [4.78, 5) is 24.7. The lowest BCUT2D eigenvalue weighted by molar-refractivity contribution is 0.0538. The van der Waals surface area contributed by atoms with Gasteiger partial charge in [0.05, 0.1) is 30.3 Å². The highest BCUT2D eigenvalue weighted by molar-refractivity contribution is 7.92. The number of hydroxylamine groups is 1. The summed E-state index contributed by atoms with van der Waals surface area (Å²) in [5, 5.41) is 2.98. The summed E-state index contributed by atoms with van der Waals surface area (Å²) in [6, 6.07) is 4.95. The Balaban J connectivity index is 2.40. The van der Waals surface area contributed by atoms with E-state index in [1.165, 1.54) is 19.5 Å². The Morgan fingerprint density at radius 3 is 2.62 bits per heavy atom. The molecule has 0 spiro atoms. The molecular formula is C14H17N5O4S. The number of sulfonamides is 1. The second kappa shape index (κ2) is 7.23. The number of carbonyl (C=O) groups excluding carboxylic acids is 1. The van der Waals surface area contributed by atoms with Crippen LogP contribution in [0.4, 0.5) is 17.2 Å². The summed E-state index contributed by atoms with van der Waals surface area (Å²) in [5.74, 6) is -0.363. The van der Waals surface area contributed by atoms with Crippen molar-refractivity contribution in [1.29, 1.82) is 0 Å². The van der Waals surface area contributed by atoms with Crippen LogP contribution in [0.3, 0.4) is 0 Å². The number of pyridine rings is 2. The first-order valence-corrected chi connectivity index (χ1v) is 8.69. The van der Waals surface area contributed by atoms with Crippen molar-refractivity contribution < 1.29 is 18.0 Å². The number of aromatic nitrogens is 2. The van der Waals surface area contributed by atoms with Gasteiger partial charge in [0.25, 0.3) is 5.91 Å². The summed E-state index contributed by atoms with van der Waals surface area (Å²) < 4.78 is 25.4. The van der Waals surface area contributed by atoms with Gasteiger partial charge in [-0.25, -0.2) is 18.9 Å². The molecule has 0 saturated heterocycles. The van der Waals surface area contributed by atoms with E-state index in [0.717, 1.165) is 6.26 Å². The normalized spacial score (nSPS) is 11.0. The molecule has 24 heavy (non-hydrogen) atoms. The van der Waals surface area contributed by atoms with Crippen LogP contribution < -0.4 is 15.5 Å². The molecule has 0 atom stereocenters. The number of anilines is 3. The van der Waals surface area contributed by atoms with Crippen LogP contribution in [0, 0.1) is 6.92 Å². The van der Waals surface area contributed by atoms with Crippen molar-refractivity contribution in [2.45, 2.75) is 6.92 Å². The van der Waals surface area contributed by atoms with Gasteiger partial charge in [0.2, 0.25) is 10.0 Å². The SMILES string of the molecule is CONC(=O)c1cnccc1Nc1ccc(C)nc1NS(C)(=O)=O. The zero-order chi connectivity index (χ0) is 17.7. The van der Waals surface area contributed by atoms with E-state index in [-0.39, 0.29) is 11.4 Å². The van der Waals surface area contributed by atoms with Gasteiger partial charge >= 0.3 is 0 Å². The highest BCUT2D eigenvalue weighted by atomic mass is 32.2. The van der Waals surface area contributed by atoms with Gasteiger partial charge in [-0.2, -0.15) is 0 Å². The van der Waals surface area contributed by atoms with Crippen molar-refractivity contribution in [2.24, 2.45) is 0 Å². The Morgan fingerprint density at radius 2 is 1.96 bits per heavy atom. The fourth-order valence-corrected chi connectivity index (χ4v) is 2.39. The number of rotatable bonds is 6. The van der Waals surface area contributed by atoms with Crippen LogP contribution in [0.25, 0.3) is 0 Å². The van der Waals surface area contributed by atoms with Crippen LogP contribution in [0.15, 0.2) is 30.6 Å². The number of aryl methyl sites for hydroxylation is 1. The highest BCUT2D eigenvalue weighted by Gasteiger charge is 2.15. The first kappa shape index (κ1) is 17.6. The third kappa shape index (κ3) is 4.64. The minimum Gasteiger partial charge on any atom is -0.352 e. The Hall–Kier alpha value is -2.72. The van der Waals surface area contributed by atoms with Gasteiger partial charge in [-0.15, -0.1) is 0 Å². The standard InChI is InChI=1S/C14H17N5O4S/c1-9-4-5-12(13(16-9)19-24(3,21)22)17-11-6-7-15-8-10(11)14(20)18-23-2/h4-8H,1-3H3,(H,15,17)(H,16,19)(H,18,20). The van der Waals surface area contributed by atoms with Crippen LogP contribution in [0.1, 0.15) is 16.1 Å². The Labute approximate surface area is 139 Å². The Kier molecular flexibility index (Phi) is 5.31. The number of nitrogens with one attached hydrogen (secondary N) is 3. The molecule has 1 amide bonds. The Morgan fingerprint density at radius 1 is 1.21 bits per heavy atom. The smallest absolute Gasteiger partial charge is 0.278 e. The van der Waals surface area contributed by atoms with Crippen LogP contribution >= 0.6 is 0 Å². The molecule has 3 N–H and O–H groups in total. The first-order valence-electron chi connectivity index (χ1n) is 6.80. The molecule has 0 saturated carbocycles. The fraction of sp³-hybridized carbons (Fsp3) is 0.214. The highest BCUT2D eigenvalue weighted by Crippen LogP contribution is 2.26. The summed E-state index contributed by atoms with van der Waals surface area (Å²) in [6.07, 6.45) is 3.89. The maximum Gasteiger partial charge on any atom is 0.278 e. The fourth-order valence-electron chi connectivity index (χ4n) is 1.89. The molecule has 0 bridgehead atoms. The van der Waals surface area contributed by atoms with Gasteiger partial charge in [-0.3, -0.25) is 19.3 Å². The quantitative estimate of drug-likeness (QED) is 0.668. The van der Waals surface area contributed by atoms with Crippen LogP contribution in [0.2, 0.25) is 0 Å². The monoisotopic (exact) mass is 351 g/mol. The lowest BCUT2D eigenvalue weighted by Crippen LogP contribution is -2.23. The molecule has 128 valence electrons. The van der Waals surface area contributed by atoms with E-state index in [2.05, 4.69) is 30.3 Å². The first-order chi connectivity index (χ1) is 11.3. The van der Waals surface area contributed by atoms with Crippen molar-refractivity contribution in [3.8, 4) is 0 Å². The topological polar surface area (TPSA) is 122 Å². The number of hydrogen-bond donors (Lipinski definition) is 3. The molecule has 9 nitrogen and oxygen atoms in total. The molecule has 0 fully saturated rings. The van der Waals surface area contributed by atoms with Gasteiger partial charge in [0, 0.05) is 18.1 Å². The number of nitrogens with zero attached hydrogens (tertiary/aromatic N) is 2. The third-order valence-electron chi connectivity index (χ3n) is 2.85. The number of hydrogen-bond acceptors (Lipinski definition) is 7. The van der Waals surface area contributed by atoms with Gasteiger partial charge < -0.3 is 5.32 Å². The average Bonchev–Trinajstić information content (AvgIpc) is 2.49. The molecule has 10 heteroatoms. The van der Waals surface area contributed by atoms with Crippen molar-refractivity contribution in [3.63, 3.8) is 0 Å². The molecule has 0 aliphatic heterocycles. The van der Waals surface area contributed by atoms with E-state index >= 15 is 0 Å². The lowest BCUT2D eigenvalue weighted by atomic mass is 10.2. The zero-order valence-electron chi connectivity index (χ0n) is 13.3. The van der Waals surface area contributed by atoms with Crippen LogP contribution in [0.5, 0.6) is 0 Å². The van der Waals surface area contributed by atoms with Crippen molar-refractivity contribution in [2.75, 3.05) is 23.4 Å². The number of carbonyl (C=O) groups is 1. The van der Waals surface area contributed by atoms with Gasteiger partial charge in [0.15, 0.2) is 5.82 Å². The second-order valence-electron chi connectivity index (χ2n) is 4.90. The van der Waals surface area contributed by atoms with Gasteiger partial charge in [0.1, 0.15) is 0 Å². The summed E-state index contributed by atoms with van der Waals surface area (Å²) >= 11 is 0. The second-order valence-corrected chi connectivity index (χ2v) is 6.65. The molecule has 0 aromatic carbocycles. The van der Waals surface area contributed by atoms with Gasteiger partial charge in [-0.05, 0) is 25.1 Å². The molecule has 2 heterocycles. The molecule has 2 aromatic rings. The van der Waals surface area contributed by atoms with E-state index in [9.17, 15) is 13.2 Å². The summed E-state index contributed by atoms with van der Waals surface area (Å²) in [6.45, 7) is 1.74. The Bertz CT molecular complexity index is 854. The van der Waals surface area contributed by atoms with E-state index < -0.39 is 15.9 Å². The predicted octanol–water partition coefficient (Wildman–Crippen LogP) is 1.19. The van der Waals surface area contributed by atoms with E-state index in [0.29, 0.717) is 17.1 Å². The summed E-state index contributed by atoms with van der Waals surface area (Å²) in [7, 11) is -2.19. The largest absolute Gasteiger partial charge is 0.352 e. The average molecular weight is 351 g/mol. The maximum absolute atomic E-state index is 12.0. The van der Waals surface area contributed by atoms with Gasteiger partial charge in [-0.1, -0.05) is 0 Å². The molecule has 2 rings (SSSR count). The molecule has 2 aromatic heterocycles. The predicted molar refractivity (Wildman–Crippen MR) is 89.4 cm³/mol. The molecule has 0 aliphatic rings. The molecule has 0 aliphatic carbocycles. The third-order valence-corrected chi connectivity index (χ3v) is 3.41. The summed E-state index contributed by atoms with van der Waals surface area (Å²) in [5.41, 5.74) is 3.88. The van der Waals surface area contributed by atoms with Crippen LogP contribution in [-0.2, 0) is 14.9 Å².